The lowest BCUT2D eigenvalue weighted by Gasteiger charge is -2.63. The zero-order valence-corrected chi connectivity index (χ0v) is 21.2. The lowest BCUT2D eigenvalue weighted by molar-refractivity contribution is -0.161. The van der Waals surface area contributed by atoms with Gasteiger partial charge < -0.3 is 15.2 Å². The Balaban J connectivity index is 0.00000272. The topological polar surface area (TPSA) is 58.6 Å². The fraction of sp³-hybridized carbons (Fsp3) is 0.962. The van der Waals surface area contributed by atoms with Crippen molar-refractivity contribution in [1.82, 2.24) is 5.32 Å². The van der Waals surface area contributed by atoms with Crippen LogP contribution in [0.25, 0.3) is 0 Å². The molecule has 5 heteroatoms. The number of esters is 1. The first-order chi connectivity index (χ1) is 14.2. The van der Waals surface area contributed by atoms with Gasteiger partial charge >= 0.3 is 5.97 Å². The van der Waals surface area contributed by atoms with Gasteiger partial charge in [-0.05, 0) is 105 Å². The van der Waals surface area contributed by atoms with Gasteiger partial charge in [0, 0.05) is 6.04 Å². The molecule has 0 bridgehead atoms. The van der Waals surface area contributed by atoms with Crippen molar-refractivity contribution in [3.63, 3.8) is 0 Å². The van der Waals surface area contributed by atoms with Crippen LogP contribution >= 0.6 is 12.4 Å². The number of halogens is 1. The quantitative estimate of drug-likeness (QED) is 0.558. The largest absolute Gasteiger partial charge is 0.469 e. The molecule has 180 valence electrons. The Morgan fingerprint density at radius 1 is 1.13 bits per heavy atom. The van der Waals surface area contributed by atoms with Crippen molar-refractivity contribution < 1.29 is 14.6 Å². The smallest absolute Gasteiger partial charge is 0.309 e. The van der Waals surface area contributed by atoms with E-state index in [0.717, 1.165) is 38.6 Å². The van der Waals surface area contributed by atoms with Crippen molar-refractivity contribution in [2.75, 3.05) is 13.7 Å². The molecule has 0 spiro atoms. The summed E-state index contributed by atoms with van der Waals surface area (Å²) >= 11 is 0. The Morgan fingerprint density at radius 3 is 2.55 bits per heavy atom. The van der Waals surface area contributed by atoms with E-state index in [4.69, 9.17) is 4.74 Å². The van der Waals surface area contributed by atoms with E-state index in [0.29, 0.717) is 41.0 Å². The zero-order valence-electron chi connectivity index (χ0n) is 20.4. The molecule has 0 aromatic carbocycles. The van der Waals surface area contributed by atoms with Gasteiger partial charge in [-0.1, -0.05) is 27.7 Å². The van der Waals surface area contributed by atoms with Gasteiger partial charge in [0.1, 0.15) is 0 Å². The molecule has 31 heavy (non-hydrogen) atoms. The van der Waals surface area contributed by atoms with Crippen LogP contribution in [0.3, 0.4) is 0 Å². The second-order valence-electron chi connectivity index (χ2n) is 12.1. The molecule has 4 nitrogen and oxygen atoms in total. The zero-order chi connectivity index (χ0) is 21.7. The SMILES string of the molecule is COC(=O)C1CC[C@H]2[C@@H]3CCC4CC(O)CC[C@]4(C)[C@@H]3C(NCCC(C)C)C[C@]12C.Cl. The Hall–Kier alpha value is -0.320. The first-order valence-corrected chi connectivity index (χ1v) is 12.7. The van der Waals surface area contributed by atoms with Crippen LogP contribution in [0.2, 0.25) is 0 Å². The van der Waals surface area contributed by atoms with Crippen LogP contribution in [0.15, 0.2) is 0 Å². The Labute approximate surface area is 196 Å². The van der Waals surface area contributed by atoms with Crippen LogP contribution in [0.1, 0.15) is 85.5 Å². The van der Waals surface area contributed by atoms with Crippen molar-refractivity contribution in [3.8, 4) is 0 Å². The molecule has 2 N–H and O–H groups in total. The fourth-order valence-electron chi connectivity index (χ4n) is 8.70. The number of carbonyl (C=O) groups excluding carboxylic acids is 1. The van der Waals surface area contributed by atoms with Gasteiger partial charge in [-0.25, -0.2) is 0 Å². The van der Waals surface area contributed by atoms with E-state index < -0.39 is 0 Å². The van der Waals surface area contributed by atoms with E-state index >= 15 is 0 Å². The Morgan fingerprint density at radius 2 is 1.87 bits per heavy atom. The monoisotopic (exact) mass is 455 g/mol. The summed E-state index contributed by atoms with van der Waals surface area (Å²) in [5.41, 5.74) is 0.378. The average Bonchev–Trinajstić information content (AvgIpc) is 3.04. The van der Waals surface area contributed by atoms with Gasteiger partial charge in [-0.3, -0.25) is 4.79 Å². The highest BCUT2D eigenvalue weighted by atomic mass is 35.5. The molecule has 4 fully saturated rings. The van der Waals surface area contributed by atoms with E-state index in [2.05, 4.69) is 33.0 Å². The summed E-state index contributed by atoms with van der Waals surface area (Å²) in [7, 11) is 1.56. The Bertz CT molecular complexity index is 642. The highest BCUT2D eigenvalue weighted by Gasteiger charge is 2.64. The number of nitrogens with one attached hydrogen (secondary N) is 1. The van der Waals surface area contributed by atoms with Crippen molar-refractivity contribution in [2.24, 2.45) is 46.3 Å². The number of aliphatic hydroxyl groups is 1. The number of aliphatic hydroxyl groups excluding tert-OH is 1. The van der Waals surface area contributed by atoms with Crippen LogP contribution in [0.5, 0.6) is 0 Å². The maximum Gasteiger partial charge on any atom is 0.309 e. The molecular formula is C26H46ClNO3. The fourth-order valence-corrected chi connectivity index (χ4v) is 8.70. The third kappa shape index (κ3) is 4.30. The van der Waals surface area contributed by atoms with Crippen molar-refractivity contribution in [3.05, 3.63) is 0 Å². The standard InChI is InChI=1S/C26H45NO3.ClH/c1-16(2)11-13-27-22-15-26(4)20(8-9-21(26)24(29)30-5)19-7-6-17-14-18(28)10-12-25(17,3)23(19)22;/h16-23,27-28H,6-15H2,1-5H3;1H/t17?,18?,19-,20-,21?,22?,23-,25-,26-;/m0./s1. The first kappa shape index (κ1) is 25.3. The lowest BCUT2D eigenvalue weighted by Crippen LogP contribution is -2.62. The highest BCUT2D eigenvalue weighted by Crippen LogP contribution is 2.67. The van der Waals surface area contributed by atoms with Crippen LogP contribution in [0, 0.1) is 46.3 Å². The van der Waals surface area contributed by atoms with Crippen molar-refractivity contribution >= 4 is 18.4 Å². The normalized spacial score (nSPS) is 46.5. The van der Waals surface area contributed by atoms with Gasteiger partial charge in [0.25, 0.3) is 0 Å². The van der Waals surface area contributed by atoms with Crippen LogP contribution in [-0.4, -0.2) is 36.9 Å². The molecule has 0 heterocycles. The molecule has 4 aliphatic rings. The summed E-state index contributed by atoms with van der Waals surface area (Å²) in [5.74, 6) is 3.44. The van der Waals surface area contributed by atoms with Gasteiger partial charge in [0.05, 0.1) is 19.1 Å². The van der Waals surface area contributed by atoms with Gasteiger partial charge in [0.15, 0.2) is 0 Å². The minimum Gasteiger partial charge on any atom is -0.469 e. The van der Waals surface area contributed by atoms with Crippen LogP contribution in [-0.2, 0) is 9.53 Å². The molecule has 4 rings (SSSR count). The molecule has 0 saturated heterocycles. The van der Waals surface area contributed by atoms with Gasteiger partial charge in [0.2, 0.25) is 0 Å². The Kier molecular flexibility index (Phi) is 7.76. The van der Waals surface area contributed by atoms with E-state index in [1.165, 1.54) is 25.7 Å². The third-order valence-electron chi connectivity index (χ3n) is 10.2. The number of hydrogen-bond donors (Lipinski definition) is 2. The third-order valence-corrected chi connectivity index (χ3v) is 10.2. The summed E-state index contributed by atoms with van der Waals surface area (Å²) < 4.78 is 5.26. The highest BCUT2D eigenvalue weighted by molar-refractivity contribution is 5.85. The van der Waals surface area contributed by atoms with Crippen LogP contribution < -0.4 is 5.32 Å². The minimum atomic E-state index is -0.101. The number of rotatable bonds is 5. The summed E-state index contributed by atoms with van der Waals surface area (Å²) in [6, 6.07) is 0.475. The maximum absolute atomic E-state index is 12.7. The van der Waals surface area contributed by atoms with Gasteiger partial charge in [-0.2, -0.15) is 0 Å². The molecule has 0 aromatic heterocycles. The van der Waals surface area contributed by atoms with Crippen molar-refractivity contribution in [2.45, 2.75) is 97.6 Å². The van der Waals surface area contributed by atoms with E-state index in [9.17, 15) is 9.90 Å². The predicted octanol–water partition coefficient (Wildman–Crippen LogP) is 5.22. The molecule has 0 radical (unpaired) electrons. The minimum absolute atomic E-state index is 0. The molecule has 0 amide bonds. The molecule has 4 unspecified atom stereocenters. The molecular weight excluding hydrogens is 410 g/mol. The number of carbonyl (C=O) groups is 1. The second kappa shape index (κ2) is 9.50. The van der Waals surface area contributed by atoms with Gasteiger partial charge in [-0.15, -0.1) is 12.4 Å². The number of fused-ring (bicyclic) bond motifs is 5. The summed E-state index contributed by atoms with van der Waals surface area (Å²) in [6.45, 7) is 10.6. The van der Waals surface area contributed by atoms with E-state index in [1.807, 2.05) is 0 Å². The number of ether oxygens (including phenoxy) is 1. The summed E-state index contributed by atoms with van der Waals surface area (Å²) in [5, 5.41) is 14.4. The lowest BCUT2D eigenvalue weighted by atomic mass is 9.43. The van der Waals surface area contributed by atoms with Crippen molar-refractivity contribution in [1.29, 1.82) is 0 Å². The van der Waals surface area contributed by atoms with E-state index in [1.54, 1.807) is 7.11 Å². The van der Waals surface area contributed by atoms with Crippen LogP contribution in [0.4, 0.5) is 0 Å². The molecule has 0 aliphatic heterocycles. The number of hydrogen-bond acceptors (Lipinski definition) is 4. The predicted molar refractivity (Wildman–Crippen MR) is 127 cm³/mol. The average molecular weight is 456 g/mol. The molecule has 9 atom stereocenters. The first-order valence-electron chi connectivity index (χ1n) is 12.7. The number of methoxy groups -OCH3 is 1. The van der Waals surface area contributed by atoms with E-state index in [-0.39, 0.29) is 35.8 Å². The molecule has 4 saturated carbocycles. The summed E-state index contributed by atoms with van der Waals surface area (Å²) in [6.07, 6.45) is 10.0. The second-order valence-corrected chi connectivity index (χ2v) is 12.1. The molecule has 4 aliphatic carbocycles. The summed E-state index contributed by atoms with van der Waals surface area (Å²) in [4.78, 5) is 12.7. The maximum atomic E-state index is 12.7. The molecule has 0 aromatic rings.